The number of carbonyl (C=O) groups is 2. The Morgan fingerprint density at radius 3 is 2.21 bits per heavy atom. The van der Waals surface area contributed by atoms with E-state index in [0.717, 1.165) is 46.5 Å². The van der Waals surface area contributed by atoms with E-state index in [0.29, 0.717) is 27.8 Å². The van der Waals surface area contributed by atoms with Crippen molar-refractivity contribution in [1.29, 1.82) is 0 Å². The first-order valence-electron chi connectivity index (χ1n) is 12.8. The molecule has 220 valence electrons. The minimum Gasteiger partial charge on any atom is -0.497 e. The molecule has 5 rings (SSSR count). The smallest absolute Gasteiger partial charge is 0.283 e. The van der Waals surface area contributed by atoms with Crippen LogP contribution in [0, 0.1) is 12.7 Å². The first-order chi connectivity index (χ1) is 20.6. The third-order valence-electron chi connectivity index (χ3n) is 6.41. The lowest BCUT2D eigenvalue weighted by Gasteiger charge is -2.19. The molecule has 0 aliphatic carbocycles. The lowest BCUT2D eigenvalue weighted by Crippen LogP contribution is -2.32. The molecule has 0 spiro atoms. The maximum atomic E-state index is 13.9. The van der Waals surface area contributed by atoms with Crippen molar-refractivity contribution in [1.82, 2.24) is 0 Å². The Morgan fingerprint density at radius 1 is 0.814 bits per heavy atom. The van der Waals surface area contributed by atoms with Crippen molar-refractivity contribution in [2.24, 2.45) is 0 Å². The number of nitrogens with zero attached hydrogens (tertiary/aromatic N) is 1. The molecule has 1 aliphatic rings. The Bertz CT molecular complexity index is 1840. The standard InChI is InChI=1S/C31H26FN3O6S2/c1-19-7-16-27(41-3)26(17-19)35-30(36)28(33-21-10-12-23(40-2)13-11-21)29(31(35)37)42-24-6-4-5-22(18-24)34-43(38,39)25-14-8-20(32)9-15-25/h4-18,33-34H,1-3H3. The number of benzene rings is 4. The number of halogens is 1. The summed E-state index contributed by atoms with van der Waals surface area (Å²) in [7, 11) is -1.01. The summed E-state index contributed by atoms with van der Waals surface area (Å²) in [5.74, 6) is -0.751. The molecular formula is C31H26FN3O6S2. The van der Waals surface area contributed by atoms with Gasteiger partial charge in [0.15, 0.2) is 0 Å². The van der Waals surface area contributed by atoms with Crippen LogP contribution in [-0.2, 0) is 19.6 Å². The predicted octanol–water partition coefficient (Wildman–Crippen LogP) is 5.94. The molecule has 1 heterocycles. The monoisotopic (exact) mass is 619 g/mol. The van der Waals surface area contributed by atoms with Gasteiger partial charge in [-0.1, -0.05) is 23.9 Å². The van der Waals surface area contributed by atoms with Gasteiger partial charge in [0.25, 0.3) is 21.8 Å². The van der Waals surface area contributed by atoms with Crippen LogP contribution in [-0.4, -0.2) is 34.5 Å². The van der Waals surface area contributed by atoms with Crippen LogP contribution in [0.1, 0.15) is 5.56 Å². The number of carbonyl (C=O) groups excluding carboxylic acids is 2. The third-order valence-corrected chi connectivity index (χ3v) is 8.88. The van der Waals surface area contributed by atoms with Gasteiger partial charge in [-0.25, -0.2) is 17.7 Å². The maximum absolute atomic E-state index is 13.9. The molecule has 0 atom stereocenters. The van der Waals surface area contributed by atoms with Gasteiger partial charge in [0, 0.05) is 16.3 Å². The molecule has 0 unspecified atom stereocenters. The van der Waals surface area contributed by atoms with Gasteiger partial charge < -0.3 is 14.8 Å². The van der Waals surface area contributed by atoms with Crippen LogP contribution < -0.4 is 24.4 Å². The Morgan fingerprint density at radius 2 is 1.53 bits per heavy atom. The first kappa shape index (κ1) is 29.7. The first-order valence-corrected chi connectivity index (χ1v) is 15.1. The summed E-state index contributed by atoms with van der Waals surface area (Å²) < 4.78 is 52.2. The predicted molar refractivity (Wildman–Crippen MR) is 163 cm³/mol. The van der Waals surface area contributed by atoms with E-state index >= 15 is 0 Å². The van der Waals surface area contributed by atoms with Gasteiger partial charge in [-0.3, -0.25) is 14.3 Å². The van der Waals surface area contributed by atoms with Gasteiger partial charge >= 0.3 is 0 Å². The van der Waals surface area contributed by atoms with Crippen molar-refractivity contribution in [3.05, 3.63) is 113 Å². The molecule has 2 amide bonds. The number of hydrogen-bond acceptors (Lipinski definition) is 8. The SMILES string of the molecule is COc1ccc(NC2=C(Sc3cccc(NS(=O)(=O)c4ccc(F)cc4)c3)C(=O)N(c3cc(C)ccc3OC)C2=O)cc1. The normalized spacial score (nSPS) is 13.3. The van der Waals surface area contributed by atoms with Gasteiger partial charge in [0.1, 0.15) is 27.9 Å². The molecule has 43 heavy (non-hydrogen) atoms. The molecule has 4 aromatic carbocycles. The lowest BCUT2D eigenvalue weighted by atomic mass is 10.2. The van der Waals surface area contributed by atoms with Gasteiger partial charge in [-0.15, -0.1) is 0 Å². The molecule has 2 N–H and O–H groups in total. The highest BCUT2D eigenvalue weighted by molar-refractivity contribution is 8.04. The average molecular weight is 620 g/mol. The van der Waals surface area contributed by atoms with Crippen molar-refractivity contribution in [2.45, 2.75) is 16.7 Å². The summed E-state index contributed by atoms with van der Waals surface area (Å²) in [6, 6.07) is 22.9. The van der Waals surface area contributed by atoms with Crippen LogP contribution >= 0.6 is 11.8 Å². The second kappa shape index (κ2) is 12.2. The highest BCUT2D eigenvalue weighted by atomic mass is 32.2. The molecule has 12 heteroatoms. The Hall–Kier alpha value is -4.81. The Kier molecular flexibility index (Phi) is 8.42. The number of anilines is 3. The third kappa shape index (κ3) is 6.35. The van der Waals surface area contributed by atoms with Crippen LogP contribution in [0.15, 0.2) is 111 Å². The van der Waals surface area contributed by atoms with E-state index in [9.17, 15) is 22.4 Å². The number of ether oxygens (including phenoxy) is 2. The minimum absolute atomic E-state index is 0.0426. The maximum Gasteiger partial charge on any atom is 0.283 e. The zero-order valence-electron chi connectivity index (χ0n) is 23.3. The number of amides is 2. The van der Waals surface area contributed by atoms with E-state index in [-0.39, 0.29) is 21.2 Å². The van der Waals surface area contributed by atoms with Crippen molar-refractivity contribution >= 4 is 50.7 Å². The molecule has 0 bridgehead atoms. The number of nitrogens with one attached hydrogen (secondary N) is 2. The molecular weight excluding hydrogens is 593 g/mol. The molecule has 0 saturated heterocycles. The van der Waals surface area contributed by atoms with E-state index in [1.165, 1.54) is 13.2 Å². The molecule has 1 aliphatic heterocycles. The largest absolute Gasteiger partial charge is 0.497 e. The number of sulfonamides is 1. The van der Waals surface area contributed by atoms with Crippen molar-refractivity contribution in [3.8, 4) is 11.5 Å². The molecule has 4 aromatic rings. The minimum atomic E-state index is -4.01. The summed E-state index contributed by atoms with van der Waals surface area (Å²) in [5, 5.41) is 3.08. The van der Waals surface area contributed by atoms with Crippen molar-refractivity contribution < 1.29 is 31.9 Å². The van der Waals surface area contributed by atoms with Gasteiger partial charge in [-0.2, -0.15) is 0 Å². The molecule has 0 aromatic heterocycles. The fourth-order valence-electron chi connectivity index (χ4n) is 4.30. The quantitative estimate of drug-likeness (QED) is 0.210. The van der Waals surface area contributed by atoms with E-state index in [1.807, 2.05) is 13.0 Å². The summed E-state index contributed by atoms with van der Waals surface area (Å²) in [6.45, 7) is 1.84. The van der Waals surface area contributed by atoms with E-state index in [2.05, 4.69) is 10.0 Å². The number of thioether (sulfide) groups is 1. The number of hydrogen-bond donors (Lipinski definition) is 2. The lowest BCUT2D eigenvalue weighted by molar-refractivity contribution is -0.120. The van der Waals surface area contributed by atoms with Crippen molar-refractivity contribution in [2.75, 3.05) is 29.2 Å². The van der Waals surface area contributed by atoms with Crippen LogP contribution in [0.25, 0.3) is 0 Å². The number of imide groups is 1. The van der Waals surface area contributed by atoms with Crippen LogP contribution in [0.3, 0.4) is 0 Å². The highest BCUT2D eigenvalue weighted by Gasteiger charge is 2.41. The number of rotatable bonds is 10. The summed E-state index contributed by atoms with van der Waals surface area (Å²) in [6.07, 6.45) is 0. The second-order valence-corrected chi connectivity index (χ2v) is 12.1. The molecule has 0 fully saturated rings. The summed E-state index contributed by atoms with van der Waals surface area (Å²) in [5.41, 5.74) is 1.93. The summed E-state index contributed by atoms with van der Waals surface area (Å²) >= 11 is 1.01. The molecule has 9 nitrogen and oxygen atoms in total. The van der Waals surface area contributed by atoms with Gasteiger partial charge in [0.05, 0.1) is 24.8 Å². The van der Waals surface area contributed by atoms with E-state index in [1.54, 1.807) is 61.7 Å². The van der Waals surface area contributed by atoms with Gasteiger partial charge in [0.2, 0.25) is 0 Å². The number of methoxy groups -OCH3 is 2. The number of aryl methyl sites for hydroxylation is 1. The van der Waals surface area contributed by atoms with E-state index in [4.69, 9.17) is 9.47 Å². The van der Waals surface area contributed by atoms with Crippen molar-refractivity contribution in [3.63, 3.8) is 0 Å². The fourth-order valence-corrected chi connectivity index (χ4v) is 6.33. The second-order valence-electron chi connectivity index (χ2n) is 9.37. The van der Waals surface area contributed by atoms with Crippen LogP contribution in [0.5, 0.6) is 11.5 Å². The van der Waals surface area contributed by atoms with E-state index < -0.39 is 27.7 Å². The highest BCUT2D eigenvalue weighted by Crippen LogP contribution is 2.41. The van der Waals surface area contributed by atoms with Gasteiger partial charge in [-0.05, 0) is 91.3 Å². The summed E-state index contributed by atoms with van der Waals surface area (Å²) in [4.78, 5) is 29.3. The molecule has 0 radical (unpaired) electrons. The Labute approximate surface area is 252 Å². The zero-order valence-corrected chi connectivity index (χ0v) is 24.9. The van der Waals surface area contributed by atoms with Crippen LogP contribution in [0.4, 0.5) is 21.5 Å². The average Bonchev–Trinajstić information content (AvgIpc) is 3.21. The zero-order chi connectivity index (χ0) is 30.7. The Balaban J connectivity index is 1.50. The topological polar surface area (TPSA) is 114 Å². The van der Waals surface area contributed by atoms with Crippen LogP contribution in [0.2, 0.25) is 0 Å². The fraction of sp³-hybridized carbons (Fsp3) is 0.0968. The molecule has 0 saturated carbocycles.